The number of nitrogens with zero attached hydrogens (tertiary/aromatic N) is 1. The van der Waals surface area contributed by atoms with Crippen molar-refractivity contribution < 1.29 is 27.5 Å². The average Bonchev–Trinajstić information content (AvgIpc) is 3.01. The number of rotatable bonds is 5. The maximum absolute atomic E-state index is 13.4. The summed E-state index contributed by atoms with van der Waals surface area (Å²) >= 11 is 1.35. The van der Waals surface area contributed by atoms with Crippen molar-refractivity contribution in [3.8, 4) is 11.5 Å². The van der Waals surface area contributed by atoms with Gasteiger partial charge < -0.3 is 15.0 Å². The number of alkyl halides is 3. The van der Waals surface area contributed by atoms with E-state index in [0.29, 0.717) is 11.6 Å². The number of halogens is 3. The van der Waals surface area contributed by atoms with Gasteiger partial charge in [-0.3, -0.25) is 9.59 Å². The van der Waals surface area contributed by atoms with Crippen molar-refractivity contribution in [1.29, 1.82) is 0 Å². The van der Waals surface area contributed by atoms with Crippen molar-refractivity contribution in [2.45, 2.75) is 6.18 Å². The number of para-hydroxylation sites is 1. The molecule has 0 saturated carbocycles. The van der Waals surface area contributed by atoms with Gasteiger partial charge in [-0.2, -0.15) is 13.2 Å². The van der Waals surface area contributed by atoms with Gasteiger partial charge in [0.15, 0.2) is 0 Å². The number of anilines is 1. The van der Waals surface area contributed by atoms with Crippen LogP contribution >= 0.6 is 11.8 Å². The first-order valence-corrected chi connectivity index (χ1v) is 9.08. The summed E-state index contributed by atoms with van der Waals surface area (Å²) in [5, 5.41) is 2.24. The number of carbonyl (C=O) groups is 2. The molecule has 3 rings (SSSR count). The lowest BCUT2D eigenvalue weighted by molar-refractivity contribution is -0.137. The van der Waals surface area contributed by atoms with Gasteiger partial charge in [-0.25, -0.2) is 0 Å². The normalized spacial score (nSPS) is 14.3. The third-order valence-corrected chi connectivity index (χ3v) is 4.65. The molecule has 0 spiro atoms. The number of carbonyl (C=O) groups excluding carboxylic acids is 2. The summed E-state index contributed by atoms with van der Waals surface area (Å²) in [5.74, 6) is 0.116. The first-order chi connectivity index (χ1) is 12.8. The summed E-state index contributed by atoms with van der Waals surface area (Å²) in [6, 6.07) is 11.7. The largest absolute Gasteiger partial charge is 0.457 e. The Kier molecular flexibility index (Phi) is 5.59. The van der Waals surface area contributed by atoms with Gasteiger partial charge in [-0.15, -0.1) is 11.8 Å². The molecular weight excluding hydrogens is 381 g/mol. The standard InChI is InChI=1S/C18H15F3N2O3S/c19-18(20,21)14-8-13(26-12-4-2-1-3-5-12)6-7-15(14)22-16(24)9-23-11-27-10-17(23)25/h1-8H,9-11H2,(H,22,24). The van der Waals surface area contributed by atoms with Crippen LogP contribution in [0.5, 0.6) is 11.5 Å². The van der Waals surface area contributed by atoms with Crippen LogP contribution in [0, 0.1) is 0 Å². The number of benzene rings is 2. The third-order valence-electron chi connectivity index (χ3n) is 3.71. The van der Waals surface area contributed by atoms with E-state index in [2.05, 4.69) is 5.32 Å². The van der Waals surface area contributed by atoms with Crippen molar-refractivity contribution in [2.24, 2.45) is 0 Å². The van der Waals surface area contributed by atoms with E-state index in [4.69, 9.17) is 4.74 Å². The first kappa shape index (κ1) is 19.1. The molecule has 5 nitrogen and oxygen atoms in total. The quantitative estimate of drug-likeness (QED) is 0.831. The molecule has 2 aromatic carbocycles. The van der Waals surface area contributed by atoms with Crippen molar-refractivity contribution in [1.82, 2.24) is 4.90 Å². The highest BCUT2D eigenvalue weighted by molar-refractivity contribution is 8.00. The zero-order valence-electron chi connectivity index (χ0n) is 14.0. The highest BCUT2D eigenvalue weighted by Gasteiger charge is 2.35. The lowest BCUT2D eigenvalue weighted by Crippen LogP contribution is -2.34. The predicted octanol–water partition coefficient (Wildman–Crippen LogP) is 3.97. The molecule has 0 aromatic heterocycles. The highest BCUT2D eigenvalue weighted by Crippen LogP contribution is 2.38. The molecule has 1 aliphatic rings. The Hall–Kier alpha value is -2.68. The van der Waals surface area contributed by atoms with Crippen LogP contribution in [0.3, 0.4) is 0 Å². The molecule has 1 aliphatic heterocycles. The molecule has 1 heterocycles. The summed E-state index contributed by atoms with van der Waals surface area (Å²) < 4.78 is 45.7. The summed E-state index contributed by atoms with van der Waals surface area (Å²) in [5.41, 5.74) is -1.40. The zero-order valence-corrected chi connectivity index (χ0v) is 14.8. The highest BCUT2D eigenvalue weighted by atomic mass is 32.2. The number of nitrogens with one attached hydrogen (secondary N) is 1. The minimum absolute atomic E-state index is 0.00218. The van der Waals surface area contributed by atoms with E-state index < -0.39 is 17.6 Å². The fourth-order valence-electron chi connectivity index (χ4n) is 2.46. The van der Waals surface area contributed by atoms with Crippen LogP contribution in [0.15, 0.2) is 48.5 Å². The molecule has 0 bridgehead atoms. The van der Waals surface area contributed by atoms with Crippen molar-refractivity contribution >= 4 is 29.3 Å². The van der Waals surface area contributed by atoms with E-state index in [0.717, 1.165) is 12.1 Å². The predicted molar refractivity (Wildman–Crippen MR) is 95.6 cm³/mol. The second kappa shape index (κ2) is 7.91. The fourth-order valence-corrected chi connectivity index (χ4v) is 3.36. The monoisotopic (exact) mass is 396 g/mol. The maximum atomic E-state index is 13.4. The fraction of sp³-hybridized carbons (Fsp3) is 0.222. The Bertz CT molecular complexity index is 843. The first-order valence-electron chi connectivity index (χ1n) is 7.92. The van der Waals surface area contributed by atoms with Gasteiger partial charge in [0.1, 0.15) is 18.0 Å². The Morgan fingerprint density at radius 1 is 1.15 bits per heavy atom. The van der Waals surface area contributed by atoms with E-state index in [1.807, 2.05) is 0 Å². The average molecular weight is 396 g/mol. The van der Waals surface area contributed by atoms with Gasteiger partial charge in [0, 0.05) is 0 Å². The van der Waals surface area contributed by atoms with Gasteiger partial charge in [0.25, 0.3) is 0 Å². The van der Waals surface area contributed by atoms with E-state index in [-0.39, 0.29) is 29.6 Å². The molecule has 142 valence electrons. The molecule has 1 fully saturated rings. The Labute approximate surface area is 157 Å². The van der Waals surface area contributed by atoms with Crippen LogP contribution < -0.4 is 10.1 Å². The lowest BCUT2D eigenvalue weighted by atomic mass is 10.1. The molecule has 9 heteroatoms. The van der Waals surface area contributed by atoms with Crippen molar-refractivity contribution in [3.05, 3.63) is 54.1 Å². The minimum Gasteiger partial charge on any atom is -0.457 e. The number of thioether (sulfide) groups is 1. The third kappa shape index (κ3) is 4.94. The topological polar surface area (TPSA) is 58.6 Å². The van der Waals surface area contributed by atoms with Crippen LogP contribution in [-0.2, 0) is 15.8 Å². The van der Waals surface area contributed by atoms with E-state index in [1.165, 1.54) is 22.7 Å². The molecule has 2 amide bonds. The number of hydrogen-bond donors (Lipinski definition) is 1. The van der Waals surface area contributed by atoms with Gasteiger partial charge in [-0.05, 0) is 30.3 Å². The lowest BCUT2D eigenvalue weighted by Gasteiger charge is -2.18. The second-order valence-corrected chi connectivity index (χ2v) is 6.69. The van der Waals surface area contributed by atoms with Gasteiger partial charge in [0.2, 0.25) is 11.8 Å². The van der Waals surface area contributed by atoms with Gasteiger partial charge in [-0.1, -0.05) is 18.2 Å². The molecule has 1 saturated heterocycles. The van der Waals surface area contributed by atoms with Crippen LogP contribution in [0.25, 0.3) is 0 Å². The number of amides is 2. The van der Waals surface area contributed by atoms with Crippen LogP contribution in [0.2, 0.25) is 0 Å². The van der Waals surface area contributed by atoms with E-state index in [1.54, 1.807) is 30.3 Å². The molecule has 0 radical (unpaired) electrons. The molecule has 27 heavy (non-hydrogen) atoms. The Balaban J connectivity index is 1.77. The Morgan fingerprint density at radius 2 is 1.89 bits per heavy atom. The number of ether oxygens (including phenoxy) is 1. The minimum atomic E-state index is -4.68. The van der Waals surface area contributed by atoms with Crippen LogP contribution in [0.4, 0.5) is 18.9 Å². The number of hydrogen-bond acceptors (Lipinski definition) is 4. The van der Waals surface area contributed by atoms with E-state index in [9.17, 15) is 22.8 Å². The molecule has 0 unspecified atom stereocenters. The maximum Gasteiger partial charge on any atom is 0.418 e. The summed E-state index contributed by atoms with van der Waals surface area (Å²) in [6.45, 7) is -0.286. The molecule has 0 atom stereocenters. The smallest absolute Gasteiger partial charge is 0.418 e. The molecule has 1 N–H and O–H groups in total. The van der Waals surface area contributed by atoms with Crippen LogP contribution in [-0.4, -0.2) is 34.9 Å². The Morgan fingerprint density at radius 3 is 2.52 bits per heavy atom. The molecule has 0 aliphatic carbocycles. The van der Waals surface area contributed by atoms with Gasteiger partial charge in [0.05, 0.1) is 22.9 Å². The second-order valence-electron chi connectivity index (χ2n) is 5.74. The SMILES string of the molecule is O=C(CN1CSCC1=O)Nc1ccc(Oc2ccccc2)cc1C(F)(F)F. The molecule has 2 aromatic rings. The van der Waals surface area contributed by atoms with Crippen molar-refractivity contribution in [3.63, 3.8) is 0 Å². The summed E-state index contributed by atoms with van der Waals surface area (Å²) in [7, 11) is 0. The van der Waals surface area contributed by atoms with Gasteiger partial charge >= 0.3 is 6.18 Å². The summed E-state index contributed by atoms with van der Waals surface area (Å²) in [6.07, 6.45) is -4.68. The van der Waals surface area contributed by atoms with E-state index >= 15 is 0 Å². The summed E-state index contributed by atoms with van der Waals surface area (Å²) in [4.78, 5) is 24.9. The zero-order chi connectivity index (χ0) is 19.4. The molecular formula is C18H15F3N2O3S. The van der Waals surface area contributed by atoms with Crippen molar-refractivity contribution in [2.75, 3.05) is 23.5 Å². The van der Waals surface area contributed by atoms with Crippen LogP contribution in [0.1, 0.15) is 5.56 Å².